The standard InChI is InChI=1S/C18H18O4/c1-21-16-7-2-14(3-8-16)4-11-18(20)15-5-9-17(10-6-15)22-13-12-19/h2-3,5-10,18-20H,12-13H2,1H3. The van der Waals surface area contributed by atoms with Crippen LogP contribution in [-0.4, -0.2) is 30.5 Å². The molecule has 0 fully saturated rings. The molecule has 0 radical (unpaired) electrons. The highest BCUT2D eigenvalue weighted by Crippen LogP contribution is 2.17. The molecule has 2 N–H and O–H groups in total. The first-order chi connectivity index (χ1) is 10.7. The fraction of sp³-hybridized carbons (Fsp3) is 0.222. The van der Waals surface area contributed by atoms with Crippen LogP contribution in [0, 0.1) is 11.8 Å². The van der Waals surface area contributed by atoms with E-state index in [1.807, 2.05) is 24.3 Å². The van der Waals surface area contributed by atoms with Crippen LogP contribution in [0.4, 0.5) is 0 Å². The van der Waals surface area contributed by atoms with Gasteiger partial charge in [-0.05, 0) is 42.0 Å². The van der Waals surface area contributed by atoms with E-state index in [9.17, 15) is 5.11 Å². The van der Waals surface area contributed by atoms with Gasteiger partial charge in [0.05, 0.1) is 13.7 Å². The van der Waals surface area contributed by atoms with E-state index in [2.05, 4.69) is 11.8 Å². The van der Waals surface area contributed by atoms with E-state index in [4.69, 9.17) is 14.6 Å². The van der Waals surface area contributed by atoms with Crippen LogP contribution in [0.25, 0.3) is 0 Å². The number of rotatable bonds is 5. The monoisotopic (exact) mass is 298 g/mol. The van der Waals surface area contributed by atoms with E-state index in [1.54, 1.807) is 31.4 Å². The lowest BCUT2D eigenvalue weighted by Crippen LogP contribution is -2.01. The minimum absolute atomic E-state index is 0.0300. The second-order valence-electron chi connectivity index (χ2n) is 4.54. The molecule has 0 aliphatic heterocycles. The van der Waals surface area contributed by atoms with Crippen LogP contribution in [0.15, 0.2) is 48.5 Å². The van der Waals surface area contributed by atoms with E-state index in [1.165, 1.54) is 0 Å². The first kappa shape index (κ1) is 15.9. The molecule has 114 valence electrons. The molecule has 0 aliphatic carbocycles. The zero-order chi connectivity index (χ0) is 15.8. The van der Waals surface area contributed by atoms with E-state index in [-0.39, 0.29) is 13.2 Å². The van der Waals surface area contributed by atoms with Gasteiger partial charge in [0.1, 0.15) is 24.2 Å². The average Bonchev–Trinajstić information content (AvgIpc) is 2.58. The Hall–Kier alpha value is -2.48. The first-order valence-electron chi connectivity index (χ1n) is 6.90. The summed E-state index contributed by atoms with van der Waals surface area (Å²) in [5.74, 6) is 7.14. The van der Waals surface area contributed by atoms with E-state index >= 15 is 0 Å². The Morgan fingerprint density at radius 1 is 1.00 bits per heavy atom. The van der Waals surface area contributed by atoms with Gasteiger partial charge in [0.2, 0.25) is 0 Å². The van der Waals surface area contributed by atoms with Crippen molar-refractivity contribution < 1.29 is 19.7 Å². The van der Waals surface area contributed by atoms with Crippen molar-refractivity contribution in [2.75, 3.05) is 20.3 Å². The summed E-state index contributed by atoms with van der Waals surface area (Å²) in [6, 6.07) is 14.3. The van der Waals surface area contributed by atoms with E-state index in [0.29, 0.717) is 11.3 Å². The van der Waals surface area contributed by atoms with Crippen LogP contribution in [0.2, 0.25) is 0 Å². The molecule has 0 saturated heterocycles. The minimum Gasteiger partial charge on any atom is -0.497 e. The third-order valence-corrected chi connectivity index (χ3v) is 3.00. The topological polar surface area (TPSA) is 58.9 Å². The predicted molar refractivity (Wildman–Crippen MR) is 83.9 cm³/mol. The van der Waals surface area contributed by atoms with Crippen molar-refractivity contribution in [3.63, 3.8) is 0 Å². The van der Waals surface area contributed by atoms with Crippen molar-refractivity contribution in [2.45, 2.75) is 6.10 Å². The number of methoxy groups -OCH3 is 1. The Morgan fingerprint density at radius 2 is 1.64 bits per heavy atom. The number of aliphatic hydroxyl groups excluding tert-OH is 2. The van der Waals surface area contributed by atoms with Crippen molar-refractivity contribution in [1.82, 2.24) is 0 Å². The highest BCUT2D eigenvalue weighted by Gasteiger charge is 2.03. The number of benzene rings is 2. The van der Waals surface area contributed by atoms with Crippen LogP contribution >= 0.6 is 0 Å². The molecule has 22 heavy (non-hydrogen) atoms. The summed E-state index contributed by atoms with van der Waals surface area (Å²) in [5.41, 5.74) is 1.50. The maximum absolute atomic E-state index is 10.1. The molecular weight excluding hydrogens is 280 g/mol. The minimum atomic E-state index is -0.867. The summed E-state index contributed by atoms with van der Waals surface area (Å²) in [7, 11) is 1.61. The van der Waals surface area contributed by atoms with Crippen LogP contribution < -0.4 is 9.47 Å². The maximum atomic E-state index is 10.1. The lowest BCUT2D eigenvalue weighted by atomic mass is 10.1. The van der Waals surface area contributed by atoms with Crippen molar-refractivity contribution >= 4 is 0 Å². The van der Waals surface area contributed by atoms with Crippen molar-refractivity contribution in [3.8, 4) is 23.3 Å². The summed E-state index contributed by atoms with van der Waals surface area (Å²) in [5, 5.41) is 18.8. The van der Waals surface area contributed by atoms with E-state index < -0.39 is 6.10 Å². The molecule has 2 aromatic rings. The molecule has 0 bridgehead atoms. The van der Waals surface area contributed by atoms with Gasteiger partial charge in [-0.2, -0.15) is 0 Å². The molecule has 4 heteroatoms. The Morgan fingerprint density at radius 3 is 2.23 bits per heavy atom. The molecule has 4 nitrogen and oxygen atoms in total. The molecule has 0 spiro atoms. The van der Waals surface area contributed by atoms with Gasteiger partial charge in [0, 0.05) is 5.56 Å². The molecule has 0 aromatic heterocycles. The van der Waals surface area contributed by atoms with Crippen LogP contribution in [0.1, 0.15) is 17.2 Å². The third-order valence-electron chi connectivity index (χ3n) is 3.00. The Balaban J connectivity index is 2.02. The zero-order valence-corrected chi connectivity index (χ0v) is 12.3. The normalized spacial score (nSPS) is 11.2. The highest BCUT2D eigenvalue weighted by molar-refractivity contribution is 5.40. The quantitative estimate of drug-likeness (QED) is 0.831. The molecule has 2 aromatic carbocycles. The predicted octanol–water partition coefficient (Wildman–Crippen LogP) is 2.15. The van der Waals surface area contributed by atoms with Gasteiger partial charge in [0.25, 0.3) is 0 Å². The Bertz CT molecular complexity index is 636. The van der Waals surface area contributed by atoms with Crippen LogP contribution in [0.3, 0.4) is 0 Å². The average molecular weight is 298 g/mol. The zero-order valence-electron chi connectivity index (χ0n) is 12.3. The summed E-state index contributed by atoms with van der Waals surface area (Å²) in [6.07, 6.45) is -0.867. The Labute approximate surface area is 129 Å². The fourth-order valence-corrected chi connectivity index (χ4v) is 1.82. The van der Waals surface area contributed by atoms with Gasteiger partial charge >= 0.3 is 0 Å². The fourth-order valence-electron chi connectivity index (χ4n) is 1.82. The summed E-state index contributed by atoms with van der Waals surface area (Å²) in [6.45, 7) is 0.219. The van der Waals surface area contributed by atoms with Gasteiger partial charge in [-0.25, -0.2) is 0 Å². The van der Waals surface area contributed by atoms with Crippen molar-refractivity contribution in [2.24, 2.45) is 0 Å². The maximum Gasteiger partial charge on any atom is 0.140 e. The van der Waals surface area contributed by atoms with Crippen molar-refractivity contribution in [1.29, 1.82) is 0 Å². The molecule has 1 unspecified atom stereocenters. The van der Waals surface area contributed by atoms with Gasteiger partial charge in [-0.15, -0.1) is 0 Å². The van der Waals surface area contributed by atoms with Gasteiger partial charge < -0.3 is 19.7 Å². The number of aliphatic hydroxyl groups is 2. The molecule has 0 heterocycles. The molecule has 0 amide bonds. The van der Waals surface area contributed by atoms with Gasteiger partial charge in [0.15, 0.2) is 0 Å². The SMILES string of the molecule is COc1ccc(C#CC(O)c2ccc(OCCO)cc2)cc1. The smallest absolute Gasteiger partial charge is 0.140 e. The number of hydrogen-bond donors (Lipinski definition) is 2. The highest BCUT2D eigenvalue weighted by atomic mass is 16.5. The molecule has 0 aliphatic rings. The first-order valence-corrected chi connectivity index (χ1v) is 6.90. The number of hydrogen-bond acceptors (Lipinski definition) is 4. The second kappa shape index (κ2) is 8.08. The number of ether oxygens (including phenoxy) is 2. The third kappa shape index (κ3) is 4.52. The molecule has 1 atom stereocenters. The lowest BCUT2D eigenvalue weighted by Gasteiger charge is -2.07. The molecular formula is C18H18O4. The second-order valence-corrected chi connectivity index (χ2v) is 4.54. The van der Waals surface area contributed by atoms with E-state index in [0.717, 1.165) is 11.3 Å². The summed E-state index contributed by atoms with van der Waals surface area (Å²) < 4.78 is 10.3. The summed E-state index contributed by atoms with van der Waals surface area (Å²) in [4.78, 5) is 0. The molecule has 2 rings (SSSR count). The van der Waals surface area contributed by atoms with Crippen LogP contribution in [0.5, 0.6) is 11.5 Å². The summed E-state index contributed by atoms with van der Waals surface area (Å²) >= 11 is 0. The Kier molecular flexibility index (Phi) is 5.84. The van der Waals surface area contributed by atoms with Crippen molar-refractivity contribution in [3.05, 3.63) is 59.7 Å². The lowest BCUT2D eigenvalue weighted by molar-refractivity contribution is 0.201. The van der Waals surface area contributed by atoms with Gasteiger partial charge in [-0.1, -0.05) is 24.0 Å². The largest absolute Gasteiger partial charge is 0.497 e. The molecule has 0 saturated carbocycles. The van der Waals surface area contributed by atoms with Gasteiger partial charge in [-0.3, -0.25) is 0 Å². The van der Waals surface area contributed by atoms with Crippen LogP contribution in [-0.2, 0) is 0 Å².